The molecule has 1 aromatic carbocycles. The van der Waals surface area contributed by atoms with Crippen molar-refractivity contribution in [1.29, 1.82) is 0 Å². The zero-order valence-electron chi connectivity index (χ0n) is 15.8. The van der Waals surface area contributed by atoms with Crippen LogP contribution in [0.5, 0.6) is 11.5 Å². The zero-order valence-corrected chi connectivity index (χ0v) is 18.1. The van der Waals surface area contributed by atoms with Crippen LogP contribution in [-0.4, -0.2) is 46.5 Å². The van der Waals surface area contributed by atoms with Gasteiger partial charge in [-0.15, -0.1) is 24.0 Å². The Morgan fingerprint density at radius 3 is 2.44 bits per heavy atom. The Labute approximate surface area is 168 Å². The summed E-state index contributed by atoms with van der Waals surface area (Å²) in [5.74, 6) is 2.22. The highest BCUT2D eigenvalue weighted by molar-refractivity contribution is 14.0. The van der Waals surface area contributed by atoms with Gasteiger partial charge in [0.15, 0.2) is 17.5 Å². The second-order valence-electron chi connectivity index (χ2n) is 5.28. The smallest absolute Gasteiger partial charge is 0.191 e. The van der Waals surface area contributed by atoms with E-state index < -0.39 is 0 Å². The third-order valence-electron chi connectivity index (χ3n) is 3.39. The molecule has 0 aliphatic heterocycles. The number of nitrogens with zero attached hydrogens (tertiary/aromatic N) is 1. The number of aliphatic imine (C=N–C) groups is 1. The maximum atomic E-state index is 5.55. The number of halogens is 1. The second-order valence-corrected chi connectivity index (χ2v) is 5.28. The molecular formula is C18H32IN3O3. The number of hydrogen-bond donors (Lipinski definition) is 2. The number of nitrogens with one attached hydrogen (secondary N) is 2. The summed E-state index contributed by atoms with van der Waals surface area (Å²) in [6.07, 6.45) is 2.26. The van der Waals surface area contributed by atoms with Crippen molar-refractivity contribution < 1.29 is 14.2 Å². The number of guanidine groups is 1. The lowest BCUT2D eigenvalue weighted by molar-refractivity contribution is 0.136. The first-order valence-corrected chi connectivity index (χ1v) is 8.55. The number of hydrogen-bond acceptors (Lipinski definition) is 4. The quantitative estimate of drug-likeness (QED) is 0.228. The molecule has 0 heterocycles. The number of methoxy groups -OCH3 is 2. The molecule has 0 fully saturated rings. The zero-order chi connectivity index (χ0) is 17.6. The van der Waals surface area contributed by atoms with E-state index in [-0.39, 0.29) is 24.0 Å². The lowest BCUT2D eigenvalue weighted by Crippen LogP contribution is -2.39. The molecule has 0 aliphatic rings. The summed E-state index contributed by atoms with van der Waals surface area (Å²) in [7, 11) is 3.26. The Balaban J connectivity index is 0.00000576. The van der Waals surface area contributed by atoms with E-state index in [1.54, 1.807) is 14.2 Å². The van der Waals surface area contributed by atoms with E-state index in [0.717, 1.165) is 49.8 Å². The predicted octanol–water partition coefficient (Wildman–Crippen LogP) is 3.19. The van der Waals surface area contributed by atoms with Crippen LogP contribution >= 0.6 is 24.0 Å². The maximum Gasteiger partial charge on any atom is 0.191 e. The summed E-state index contributed by atoms with van der Waals surface area (Å²) in [4.78, 5) is 4.59. The normalized spacial score (nSPS) is 10.8. The first-order valence-electron chi connectivity index (χ1n) is 8.55. The molecule has 6 nitrogen and oxygen atoms in total. The average molecular weight is 465 g/mol. The fraction of sp³-hybridized carbons (Fsp3) is 0.611. The first-order chi connectivity index (χ1) is 11.7. The van der Waals surface area contributed by atoms with Crippen LogP contribution in [-0.2, 0) is 11.3 Å². The van der Waals surface area contributed by atoms with Crippen LogP contribution in [0.2, 0.25) is 0 Å². The number of benzene rings is 1. The van der Waals surface area contributed by atoms with E-state index in [9.17, 15) is 0 Å². The van der Waals surface area contributed by atoms with Crippen LogP contribution in [0.25, 0.3) is 0 Å². The van der Waals surface area contributed by atoms with Gasteiger partial charge in [-0.25, -0.2) is 4.99 Å². The van der Waals surface area contributed by atoms with Gasteiger partial charge in [0.1, 0.15) is 0 Å². The van der Waals surface area contributed by atoms with Crippen molar-refractivity contribution in [1.82, 2.24) is 10.6 Å². The minimum absolute atomic E-state index is 0. The molecule has 144 valence electrons. The van der Waals surface area contributed by atoms with Crippen LogP contribution < -0.4 is 20.1 Å². The molecule has 7 heteroatoms. The fourth-order valence-electron chi connectivity index (χ4n) is 2.08. The van der Waals surface area contributed by atoms with Crippen LogP contribution in [0.4, 0.5) is 0 Å². The van der Waals surface area contributed by atoms with Crippen molar-refractivity contribution in [3.63, 3.8) is 0 Å². The van der Waals surface area contributed by atoms with Crippen LogP contribution in [0.15, 0.2) is 23.2 Å². The second kappa shape index (κ2) is 15.1. The van der Waals surface area contributed by atoms with Crippen molar-refractivity contribution in [2.75, 3.05) is 40.5 Å². The topological polar surface area (TPSA) is 64.1 Å². The van der Waals surface area contributed by atoms with Crippen LogP contribution in [0, 0.1) is 0 Å². The molecule has 0 unspecified atom stereocenters. The lowest BCUT2D eigenvalue weighted by atomic mass is 10.2. The molecule has 0 saturated carbocycles. The molecule has 0 spiro atoms. The summed E-state index contributed by atoms with van der Waals surface area (Å²) in [6, 6.07) is 5.83. The molecule has 0 amide bonds. The minimum atomic E-state index is 0. The van der Waals surface area contributed by atoms with Gasteiger partial charge in [-0.3, -0.25) is 0 Å². The monoisotopic (exact) mass is 465 g/mol. The minimum Gasteiger partial charge on any atom is -0.493 e. The molecule has 0 aliphatic carbocycles. The van der Waals surface area contributed by atoms with Gasteiger partial charge in [-0.05, 0) is 31.0 Å². The molecular weight excluding hydrogens is 433 g/mol. The molecule has 0 bridgehead atoms. The first kappa shape index (κ1) is 23.8. The van der Waals surface area contributed by atoms with E-state index in [0.29, 0.717) is 18.9 Å². The van der Waals surface area contributed by atoms with Crippen molar-refractivity contribution in [2.45, 2.75) is 33.2 Å². The number of rotatable bonds is 11. The van der Waals surface area contributed by atoms with E-state index in [1.165, 1.54) is 0 Å². The van der Waals surface area contributed by atoms with Gasteiger partial charge in [-0.1, -0.05) is 19.4 Å². The molecule has 0 saturated heterocycles. The fourth-order valence-corrected chi connectivity index (χ4v) is 2.08. The van der Waals surface area contributed by atoms with Gasteiger partial charge in [0.05, 0.1) is 27.4 Å². The highest BCUT2D eigenvalue weighted by atomic mass is 127. The maximum absolute atomic E-state index is 5.55. The van der Waals surface area contributed by atoms with Gasteiger partial charge in [0.2, 0.25) is 0 Å². The molecule has 1 rings (SSSR count). The van der Waals surface area contributed by atoms with E-state index in [4.69, 9.17) is 14.2 Å². The predicted molar refractivity (Wildman–Crippen MR) is 114 cm³/mol. The van der Waals surface area contributed by atoms with Crippen molar-refractivity contribution in [3.05, 3.63) is 23.8 Å². The molecule has 0 aromatic heterocycles. The SMILES string of the molecule is CCCCOCCNC(=NCc1ccc(OC)c(OC)c1)NCC.I. The van der Waals surface area contributed by atoms with Gasteiger partial charge >= 0.3 is 0 Å². The Morgan fingerprint density at radius 1 is 1.04 bits per heavy atom. The van der Waals surface area contributed by atoms with Crippen molar-refractivity contribution in [2.24, 2.45) is 4.99 Å². The molecule has 0 radical (unpaired) electrons. The van der Waals surface area contributed by atoms with Crippen LogP contribution in [0.1, 0.15) is 32.3 Å². The number of ether oxygens (including phenoxy) is 3. The highest BCUT2D eigenvalue weighted by Gasteiger charge is 2.04. The summed E-state index contributed by atoms with van der Waals surface area (Å²) in [5, 5.41) is 6.51. The third-order valence-corrected chi connectivity index (χ3v) is 3.39. The molecule has 25 heavy (non-hydrogen) atoms. The van der Waals surface area contributed by atoms with Crippen molar-refractivity contribution in [3.8, 4) is 11.5 Å². The Hall–Kier alpha value is -1.22. The standard InChI is InChI=1S/C18H31N3O3.HI/c1-5-7-11-24-12-10-20-18(19-6-2)21-14-15-8-9-16(22-3)17(13-15)23-4;/h8-9,13H,5-7,10-12,14H2,1-4H3,(H2,19,20,21);1H. The summed E-state index contributed by atoms with van der Waals surface area (Å²) in [5.41, 5.74) is 1.06. The van der Waals surface area contributed by atoms with Crippen molar-refractivity contribution >= 4 is 29.9 Å². The molecule has 2 N–H and O–H groups in total. The molecule has 1 aromatic rings. The van der Waals surface area contributed by atoms with Crippen LogP contribution in [0.3, 0.4) is 0 Å². The summed E-state index contributed by atoms with van der Waals surface area (Å²) in [6.45, 7) is 7.82. The Kier molecular flexibility index (Phi) is 14.3. The lowest BCUT2D eigenvalue weighted by Gasteiger charge is -2.12. The Morgan fingerprint density at radius 2 is 1.80 bits per heavy atom. The van der Waals surface area contributed by atoms with Gasteiger partial charge < -0.3 is 24.8 Å². The Bertz CT molecular complexity index is 498. The summed E-state index contributed by atoms with van der Waals surface area (Å²) < 4.78 is 16.1. The van der Waals surface area contributed by atoms with Gasteiger partial charge in [0, 0.05) is 19.7 Å². The third kappa shape index (κ3) is 9.74. The van der Waals surface area contributed by atoms with Gasteiger partial charge in [-0.2, -0.15) is 0 Å². The number of unbranched alkanes of at least 4 members (excludes halogenated alkanes) is 1. The average Bonchev–Trinajstić information content (AvgIpc) is 2.62. The van der Waals surface area contributed by atoms with E-state index in [2.05, 4.69) is 22.5 Å². The van der Waals surface area contributed by atoms with E-state index >= 15 is 0 Å². The summed E-state index contributed by atoms with van der Waals surface area (Å²) >= 11 is 0. The molecule has 0 atom stereocenters. The van der Waals surface area contributed by atoms with E-state index in [1.807, 2.05) is 25.1 Å². The largest absolute Gasteiger partial charge is 0.493 e. The highest BCUT2D eigenvalue weighted by Crippen LogP contribution is 2.27. The van der Waals surface area contributed by atoms with Gasteiger partial charge in [0.25, 0.3) is 0 Å².